The standard InChI is InChI=1S/C13H16ClN3O/c1-8-10(14)3-4-11-12(8)16(2)13(18)17(11)9-5-6-15-7-9/h3-4,9,15H,5-7H2,1-2H3. The summed E-state index contributed by atoms with van der Waals surface area (Å²) in [6.45, 7) is 3.79. The first kappa shape index (κ1) is 11.8. The molecular weight excluding hydrogens is 250 g/mol. The molecule has 1 aromatic heterocycles. The Morgan fingerprint density at radius 2 is 2.22 bits per heavy atom. The number of aromatic nitrogens is 2. The molecule has 1 atom stereocenters. The van der Waals surface area contributed by atoms with Crippen LogP contribution in [0.5, 0.6) is 0 Å². The average Bonchev–Trinajstić information content (AvgIpc) is 2.93. The van der Waals surface area contributed by atoms with E-state index < -0.39 is 0 Å². The molecular formula is C13H16ClN3O. The minimum Gasteiger partial charge on any atom is -0.315 e. The molecule has 1 saturated heterocycles. The zero-order chi connectivity index (χ0) is 12.9. The zero-order valence-electron chi connectivity index (χ0n) is 10.5. The van der Waals surface area contributed by atoms with Gasteiger partial charge in [-0.05, 0) is 37.6 Å². The number of imidazole rings is 1. The van der Waals surface area contributed by atoms with E-state index in [-0.39, 0.29) is 11.7 Å². The van der Waals surface area contributed by atoms with E-state index in [0.29, 0.717) is 5.02 Å². The van der Waals surface area contributed by atoms with Gasteiger partial charge in [-0.1, -0.05) is 11.6 Å². The largest absolute Gasteiger partial charge is 0.329 e. The van der Waals surface area contributed by atoms with Gasteiger partial charge < -0.3 is 5.32 Å². The number of hydrogen-bond donors (Lipinski definition) is 1. The Hall–Kier alpha value is -1.26. The van der Waals surface area contributed by atoms with Gasteiger partial charge in [-0.2, -0.15) is 0 Å². The van der Waals surface area contributed by atoms with Gasteiger partial charge in [-0.3, -0.25) is 9.13 Å². The second-order valence-electron chi connectivity index (χ2n) is 4.90. The third kappa shape index (κ3) is 1.52. The lowest BCUT2D eigenvalue weighted by Crippen LogP contribution is -2.27. The molecule has 1 unspecified atom stereocenters. The van der Waals surface area contributed by atoms with Crippen molar-refractivity contribution in [2.24, 2.45) is 7.05 Å². The van der Waals surface area contributed by atoms with E-state index in [9.17, 15) is 4.79 Å². The summed E-state index contributed by atoms with van der Waals surface area (Å²) in [5, 5.41) is 4.01. The van der Waals surface area contributed by atoms with Gasteiger partial charge in [-0.25, -0.2) is 4.79 Å². The molecule has 4 nitrogen and oxygen atoms in total. The Morgan fingerprint density at radius 1 is 1.44 bits per heavy atom. The Balaban J connectivity index is 2.36. The number of benzene rings is 1. The Morgan fingerprint density at radius 3 is 2.89 bits per heavy atom. The van der Waals surface area contributed by atoms with Gasteiger partial charge in [0.25, 0.3) is 0 Å². The van der Waals surface area contributed by atoms with Crippen LogP contribution in [-0.4, -0.2) is 22.2 Å². The van der Waals surface area contributed by atoms with E-state index in [2.05, 4.69) is 5.32 Å². The summed E-state index contributed by atoms with van der Waals surface area (Å²) in [4.78, 5) is 12.4. The molecule has 96 valence electrons. The van der Waals surface area contributed by atoms with Crippen LogP contribution in [0.2, 0.25) is 5.02 Å². The van der Waals surface area contributed by atoms with Crippen molar-refractivity contribution in [1.82, 2.24) is 14.5 Å². The minimum absolute atomic E-state index is 0.0454. The van der Waals surface area contributed by atoms with Crippen LogP contribution in [0.3, 0.4) is 0 Å². The number of fused-ring (bicyclic) bond motifs is 1. The first-order valence-corrected chi connectivity index (χ1v) is 6.56. The highest BCUT2D eigenvalue weighted by molar-refractivity contribution is 6.32. The molecule has 0 bridgehead atoms. The molecule has 0 saturated carbocycles. The van der Waals surface area contributed by atoms with E-state index in [1.54, 1.807) is 4.57 Å². The van der Waals surface area contributed by atoms with Crippen molar-refractivity contribution >= 4 is 22.6 Å². The van der Waals surface area contributed by atoms with Gasteiger partial charge in [0.1, 0.15) is 0 Å². The normalized spacial score (nSPS) is 19.8. The van der Waals surface area contributed by atoms with Gasteiger partial charge in [0.15, 0.2) is 0 Å². The molecule has 5 heteroatoms. The van der Waals surface area contributed by atoms with Crippen LogP contribution in [0.25, 0.3) is 11.0 Å². The van der Waals surface area contributed by atoms with Crippen molar-refractivity contribution in [2.75, 3.05) is 13.1 Å². The molecule has 0 radical (unpaired) electrons. The molecule has 2 heterocycles. The van der Waals surface area contributed by atoms with Crippen LogP contribution in [0, 0.1) is 6.92 Å². The van der Waals surface area contributed by atoms with E-state index in [0.717, 1.165) is 36.1 Å². The van der Waals surface area contributed by atoms with Crippen molar-refractivity contribution in [1.29, 1.82) is 0 Å². The van der Waals surface area contributed by atoms with Crippen molar-refractivity contribution in [3.05, 3.63) is 33.2 Å². The van der Waals surface area contributed by atoms with Gasteiger partial charge in [0, 0.05) is 18.6 Å². The van der Waals surface area contributed by atoms with Crippen LogP contribution in [-0.2, 0) is 7.05 Å². The molecule has 1 aromatic carbocycles. The highest BCUT2D eigenvalue weighted by atomic mass is 35.5. The van der Waals surface area contributed by atoms with Crippen LogP contribution in [0.15, 0.2) is 16.9 Å². The summed E-state index contributed by atoms with van der Waals surface area (Å²) in [7, 11) is 1.81. The maximum Gasteiger partial charge on any atom is 0.329 e. The van der Waals surface area contributed by atoms with Gasteiger partial charge in [0.05, 0.1) is 17.1 Å². The fourth-order valence-electron chi connectivity index (χ4n) is 2.85. The predicted molar refractivity (Wildman–Crippen MR) is 73.4 cm³/mol. The Labute approximate surface area is 110 Å². The first-order valence-electron chi connectivity index (χ1n) is 6.18. The number of halogens is 1. The molecule has 2 aromatic rings. The van der Waals surface area contributed by atoms with Crippen molar-refractivity contribution in [2.45, 2.75) is 19.4 Å². The summed E-state index contributed by atoms with van der Waals surface area (Å²) < 4.78 is 3.60. The molecule has 1 aliphatic heterocycles. The molecule has 0 spiro atoms. The van der Waals surface area contributed by atoms with Crippen molar-refractivity contribution < 1.29 is 0 Å². The molecule has 0 aliphatic carbocycles. The average molecular weight is 266 g/mol. The van der Waals surface area contributed by atoms with Crippen LogP contribution in [0.4, 0.5) is 0 Å². The van der Waals surface area contributed by atoms with E-state index in [1.807, 2.05) is 30.7 Å². The molecule has 0 amide bonds. The van der Waals surface area contributed by atoms with Gasteiger partial charge in [-0.15, -0.1) is 0 Å². The monoisotopic (exact) mass is 265 g/mol. The molecule has 18 heavy (non-hydrogen) atoms. The van der Waals surface area contributed by atoms with E-state index in [4.69, 9.17) is 11.6 Å². The van der Waals surface area contributed by atoms with Gasteiger partial charge >= 0.3 is 5.69 Å². The summed E-state index contributed by atoms with van der Waals surface area (Å²) in [5.74, 6) is 0. The number of rotatable bonds is 1. The quantitative estimate of drug-likeness (QED) is 0.855. The van der Waals surface area contributed by atoms with E-state index in [1.165, 1.54) is 0 Å². The fraction of sp³-hybridized carbons (Fsp3) is 0.462. The minimum atomic E-state index is 0.0454. The van der Waals surface area contributed by atoms with E-state index >= 15 is 0 Å². The maximum atomic E-state index is 12.4. The lowest BCUT2D eigenvalue weighted by Gasteiger charge is -2.10. The van der Waals surface area contributed by atoms with Crippen LogP contribution < -0.4 is 11.0 Å². The fourth-order valence-corrected chi connectivity index (χ4v) is 3.00. The Kier molecular flexibility index (Phi) is 2.72. The van der Waals surface area contributed by atoms with Crippen LogP contribution >= 0.6 is 11.6 Å². The highest BCUT2D eigenvalue weighted by Crippen LogP contribution is 2.27. The number of aryl methyl sites for hydroxylation is 2. The summed E-state index contributed by atoms with van der Waals surface area (Å²) in [6.07, 6.45) is 1.00. The highest BCUT2D eigenvalue weighted by Gasteiger charge is 2.23. The topological polar surface area (TPSA) is 39.0 Å². The summed E-state index contributed by atoms with van der Waals surface area (Å²) in [6, 6.07) is 4.07. The lowest BCUT2D eigenvalue weighted by atomic mass is 10.2. The second-order valence-corrected chi connectivity index (χ2v) is 5.31. The molecule has 1 aliphatic rings. The molecule has 3 rings (SSSR count). The smallest absolute Gasteiger partial charge is 0.315 e. The number of nitrogens with one attached hydrogen (secondary N) is 1. The second kappa shape index (κ2) is 4.14. The number of nitrogens with zero attached hydrogens (tertiary/aromatic N) is 2. The third-order valence-corrected chi connectivity index (χ3v) is 4.24. The Bertz CT molecular complexity index is 665. The van der Waals surface area contributed by atoms with Crippen molar-refractivity contribution in [3.8, 4) is 0 Å². The summed E-state index contributed by atoms with van der Waals surface area (Å²) in [5.41, 5.74) is 2.94. The zero-order valence-corrected chi connectivity index (χ0v) is 11.3. The predicted octanol–water partition coefficient (Wildman–Crippen LogP) is 1.84. The van der Waals surface area contributed by atoms with Crippen LogP contribution in [0.1, 0.15) is 18.0 Å². The number of hydrogen-bond acceptors (Lipinski definition) is 2. The third-order valence-electron chi connectivity index (χ3n) is 3.83. The first-order chi connectivity index (χ1) is 8.61. The lowest BCUT2D eigenvalue weighted by molar-refractivity contribution is 0.535. The SMILES string of the molecule is Cc1c(Cl)ccc2c1n(C)c(=O)n2C1CCNC1. The molecule has 1 fully saturated rings. The maximum absolute atomic E-state index is 12.4. The molecule has 1 N–H and O–H groups in total. The summed E-state index contributed by atoms with van der Waals surface area (Å²) >= 11 is 6.14. The van der Waals surface area contributed by atoms with Crippen molar-refractivity contribution in [3.63, 3.8) is 0 Å². The van der Waals surface area contributed by atoms with Gasteiger partial charge in [0.2, 0.25) is 0 Å².